The predicted molar refractivity (Wildman–Crippen MR) is 104 cm³/mol. The average molecular weight is 375 g/mol. The molecule has 1 aromatic carbocycles. The molecular formula is C20H29N3O4. The zero-order valence-electron chi connectivity index (χ0n) is 16.1. The third-order valence-corrected chi connectivity index (χ3v) is 4.48. The second kappa shape index (κ2) is 10.7. The Bertz CT molecular complexity index is 654. The molecule has 7 nitrogen and oxygen atoms in total. The van der Waals surface area contributed by atoms with E-state index in [0.29, 0.717) is 50.3 Å². The van der Waals surface area contributed by atoms with Crippen LogP contribution in [0.4, 0.5) is 11.4 Å². The van der Waals surface area contributed by atoms with Crippen LogP contribution in [0.1, 0.15) is 39.5 Å². The second-order valence-corrected chi connectivity index (χ2v) is 6.73. The van der Waals surface area contributed by atoms with Crippen LogP contribution in [-0.2, 0) is 19.1 Å². The summed E-state index contributed by atoms with van der Waals surface area (Å²) in [5.41, 5.74) is 1.32. The Hall–Kier alpha value is -2.41. The van der Waals surface area contributed by atoms with Gasteiger partial charge in [0.2, 0.25) is 11.8 Å². The van der Waals surface area contributed by atoms with E-state index in [4.69, 9.17) is 4.74 Å². The fourth-order valence-electron chi connectivity index (χ4n) is 3.12. The summed E-state index contributed by atoms with van der Waals surface area (Å²) >= 11 is 0. The molecule has 0 aliphatic carbocycles. The first-order valence-electron chi connectivity index (χ1n) is 9.60. The lowest BCUT2D eigenvalue weighted by molar-refractivity contribution is -0.149. The molecule has 1 aromatic rings. The highest BCUT2D eigenvalue weighted by molar-refractivity contribution is 5.94. The fraction of sp³-hybridized carbons (Fsp3) is 0.550. The zero-order chi connectivity index (χ0) is 19.6. The summed E-state index contributed by atoms with van der Waals surface area (Å²) < 4.78 is 5.06. The monoisotopic (exact) mass is 375 g/mol. The molecule has 0 bridgehead atoms. The Labute approximate surface area is 160 Å². The van der Waals surface area contributed by atoms with Crippen molar-refractivity contribution < 1.29 is 19.1 Å². The number of carbonyl (C=O) groups excluding carboxylic acids is 3. The molecule has 0 aromatic heterocycles. The number of carbonyl (C=O) groups is 3. The molecule has 7 heteroatoms. The van der Waals surface area contributed by atoms with Crippen LogP contribution in [0.3, 0.4) is 0 Å². The second-order valence-electron chi connectivity index (χ2n) is 6.73. The molecule has 2 N–H and O–H groups in total. The van der Waals surface area contributed by atoms with E-state index in [9.17, 15) is 14.4 Å². The van der Waals surface area contributed by atoms with Crippen molar-refractivity contribution in [3.63, 3.8) is 0 Å². The van der Waals surface area contributed by atoms with Gasteiger partial charge in [-0.05, 0) is 57.5 Å². The Morgan fingerprint density at radius 3 is 2.30 bits per heavy atom. The molecule has 1 saturated heterocycles. The summed E-state index contributed by atoms with van der Waals surface area (Å²) in [7, 11) is 0. The Kier molecular flexibility index (Phi) is 8.26. The summed E-state index contributed by atoms with van der Waals surface area (Å²) in [6.45, 7) is 5.84. The molecule has 2 amide bonds. The normalized spacial score (nSPS) is 15.2. The molecular weight excluding hydrogens is 346 g/mol. The highest BCUT2D eigenvalue weighted by atomic mass is 16.5. The third kappa shape index (κ3) is 7.02. The van der Waals surface area contributed by atoms with Gasteiger partial charge in [0.1, 0.15) is 0 Å². The van der Waals surface area contributed by atoms with Crippen LogP contribution in [0.25, 0.3) is 0 Å². The molecule has 1 heterocycles. The van der Waals surface area contributed by atoms with Crippen molar-refractivity contribution >= 4 is 29.2 Å². The van der Waals surface area contributed by atoms with E-state index in [1.807, 2.05) is 18.7 Å². The van der Waals surface area contributed by atoms with Crippen LogP contribution < -0.4 is 10.6 Å². The van der Waals surface area contributed by atoms with Crippen LogP contribution >= 0.6 is 0 Å². The van der Waals surface area contributed by atoms with Crippen molar-refractivity contribution in [3.05, 3.63) is 24.3 Å². The van der Waals surface area contributed by atoms with Gasteiger partial charge in [-0.25, -0.2) is 0 Å². The van der Waals surface area contributed by atoms with Crippen molar-refractivity contribution in [2.75, 3.05) is 36.9 Å². The first kappa shape index (κ1) is 20.9. The maximum absolute atomic E-state index is 12.3. The smallest absolute Gasteiger partial charge is 0.309 e. The van der Waals surface area contributed by atoms with E-state index in [1.165, 1.54) is 0 Å². The summed E-state index contributed by atoms with van der Waals surface area (Å²) in [4.78, 5) is 37.8. The van der Waals surface area contributed by atoms with E-state index in [2.05, 4.69) is 10.6 Å². The summed E-state index contributed by atoms with van der Waals surface area (Å²) in [6, 6.07) is 7.13. The zero-order valence-corrected chi connectivity index (χ0v) is 16.1. The van der Waals surface area contributed by atoms with E-state index in [-0.39, 0.29) is 30.2 Å². The molecule has 27 heavy (non-hydrogen) atoms. The van der Waals surface area contributed by atoms with E-state index in [1.54, 1.807) is 24.3 Å². The number of anilines is 2. The van der Waals surface area contributed by atoms with Gasteiger partial charge < -0.3 is 15.4 Å². The number of rotatable bonds is 8. The minimum atomic E-state index is -0.136. The van der Waals surface area contributed by atoms with Crippen LogP contribution in [0.5, 0.6) is 0 Å². The molecule has 0 saturated carbocycles. The lowest BCUT2D eigenvalue weighted by atomic mass is 9.97. The van der Waals surface area contributed by atoms with Gasteiger partial charge in [-0.1, -0.05) is 13.0 Å². The van der Waals surface area contributed by atoms with Gasteiger partial charge in [0, 0.05) is 17.8 Å². The first-order chi connectivity index (χ1) is 13.0. The van der Waals surface area contributed by atoms with E-state index >= 15 is 0 Å². The maximum Gasteiger partial charge on any atom is 0.309 e. The van der Waals surface area contributed by atoms with Gasteiger partial charge in [-0.3, -0.25) is 19.3 Å². The Balaban J connectivity index is 1.79. The molecule has 148 valence electrons. The van der Waals surface area contributed by atoms with Crippen molar-refractivity contribution in [3.8, 4) is 0 Å². The van der Waals surface area contributed by atoms with Gasteiger partial charge >= 0.3 is 5.97 Å². The summed E-state index contributed by atoms with van der Waals surface area (Å²) in [6.07, 6.45) is 2.68. The first-order valence-corrected chi connectivity index (χ1v) is 9.60. The lowest BCUT2D eigenvalue weighted by Crippen LogP contribution is -2.41. The molecule has 2 rings (SSSR count). The number of nitrogens with zero attached hydrogens (tertiary/aromatic N) is 1. The number of esters is 1. The molecule has 0 spiro atoms. The van der Waals surface area contributed by atoms with Gasteiger partial charge in [0.25, 0.3) is 0 Å². The molecule has 1 aliphatic heterocycles. The minimum absolute atomic E-state index is 0.0366. The van der Waals surface area contributed by atoms with E-state index < -0.39 is 0 Å². The minimum Gasteiger partial charge on any atom is -0.466 e. The number of amides is 2. The number of ether oxygens (including phenoxy) is 1. The lowest BCUT2D eigenvalue weighted by Gasteiger charge is -2.30. The topological polar surface area (TPSA) is 87.7 Å². The average Bonchev–Trinajstić information content (AvgIpc) is 2.63. The molecule has 1 fully saturated rings. The number of nitrogens with one attached hydrogen (secondary N) is 2. The largest absolute Gasteiger partial charge is 0.466 e. The number of piperidine rings is 1. The molecule has 0 radical (unpaired) electrons. The predicted octanol–water partition coefficient (Wildman–Crippen LogP) is 2.64. The quantitative estimate of drug-likeness (QED) is 0.682. The molecule has 0 unspecified atom stereocenters. The molecule has 1 aliphatic rings. The van der Waals surface area contributed by atoms with Crippen molar-refractivity contribution in [2.45, 2.75) is 39.5 Å². The number of likely N-dealkylation sites (tertiary alicyclic amines) is 1. The van der Waals surface area contributed by atoms with Crippen molar-refractivity contribution in [2.24, 2.45) is 5.92 Å². The van der Waals surface area contributed by atoms with Gasteiger partial charge in [-0.2, -0.15) is 0 Å². The highest BCUT2D eigenvalue weighted by Crippen LogP contribution is 2.19. The van der Waals surface area contributed by atoms with Gasteiger partial charge in [0.05, 0.1) is 19.1 Å². The summed E-state index contributed by atoms with van der Waals surface area (Å²) in [5, 5.41) is 5.68. The highest BCUT2D eigenvalue weighted by Gasteiger charge is 2.26. The Morgan fingerprint density at radius 1 is 1.07 bits per heavy atom. The van der Waals surface area contributed by atoms with Crippen LogP contribution in [-0.4, -0.2) is 48.9 Å². The molecule has 0 atom stereocenters. The fourth-order valence-corrected chi connectivity index (χ4v) is 3.12. The number of hydrogen-bond acceptors (Lipinski definition) is 5. The van der Waals surface area contributed by atoms with Crippen LogP contribution in [0, 0.1) is 5.92 Å². The van der Waals surface area contributed by atoms with E-state index in [0.717, 1.165) is 6.42 Å². The van der Waals surface area contributed by atoms with Crippen LogP contribution in [0.15, 0.2) is 24.3 Å². The number of hydrogen-bond donors (Lipinski definition) is 2. The standard InChI is InChI=1S/C20H29N3O4/c1-3-6-18(24)21-16-7-5-8-17(13-16)22-19(25)14-23-11-9-15(10-12-23)20(26)27-4-2/h5,7-8,13,15H,3-4,6,9-12,14H2,1-2H3,(H,21,24)(H,22,25). The van der Waals surface area contributed by atoms with Crippen molar-refractivity contribution in [1.82, 2.24) is 4.90 Å². The van der Waals surface area contributed by atoms with Gasteiger partial charge in [0.15, 0.2) is 0 Å². The third-order valence-electron chi connectivity index (χ3n) is 4.48. The Morgan fingerprint density at radius 2 is 1.70 bits per heavy atom. The SMILES string of the molecule is CCCC(=O)Nc1cccc(NC(=O)CN2CCC(C(=O)OCC)CC2)c1. The summed E-state index contributed by atoms with van der Waals surface area (Å²) in [5.74, 6) is -0.344. The van der Waals surface area contributed by atoms with Crippen LogP contribution in [0.2, 0.25) is 0 Å². The van der Waals surface area contributed by atoms with Crippen molar-refractivity contribution in [1.29, 1.82) is 0 Å². The van der Waals surface area contributed by atoms with Gasteiger partial charge in [-0.15, -0.1) is 0 Å². The number of benzene rings is 1. The maximum atomic E-state index is 12.3.